The second kappa shape index (κ2) is 12.8. The third-order valence-corrected chi connectivity index (χ3v) is 7.38. The monoisotopic (exact) mass is 750 g/mol. The minimum absolute atomic E-state index is 0.0883. The van der Waals surface area contributed by atoms with Gasteiger partial charge in [0, 0.05) is 5.69 Å². The molecule has 186 valence electrons. The first-order chi connectivity index (χ1) is 17.1. The predicted octanol–water partition coefficient (Wildman–Crippen LogP) is 5.41. The van der Waals surface area contributed by atoms with E-state index in [1.54, 1.807) is 25.1 Å². The molecule has 0 atom stereocenters. The van der Waals surface area contributed by atoms with Crippen molar-refractivity contribution in [3.8, 4) is 18.1 Å². The molecule has 8 nitrogen and oxygen atoms in total. The number of benzene rings is 2. The zero-order valence-electron chi connectivity index (χ0n) is 18.6. The first kappa shape index (κ1) is 28.3. The van der Waals surface area contributed by atoms with Crippen molar-refractivity contribution in [1.29, 1.82) is 0 Å². The van der Waals surface area contributed by atoms with E-state index in [4.69, 9.17) is 27.5 Å². The van der Waals surface area contributed by atoms with Crippen molar-refractivity contribution in [1.82, 2.24) is 4.90 Å². The van der Waals surface area contributed by atoms with Crippen LogP contribution in [0.1, 0.15) is 22.8 Å². The smallest absolute Gasteiger partial charge is 0.339 e. The number of nitrogens with one attached hydrogen (secondary N) is 1. The molecule has 0 unspecified atom stereocenters. The summed E-state index contributed by atoms with van der Waals surface area (Å²) in [6.45, 7) is 1.47. The number of nitrogens with zero attached hydrogens (tertiary/aromatic N) is 1. The first-order valence-corrected chi connectivity index (χ1v) is 13.6. The van der Waals surface area contributed by atoms with Crippen LogP contribution in [-0.4, -0.2) is 47.7 Å². The number of anilines is 1. The fraction of sp³-hybridized carbons (Fsp3) is 0.167. The van der Waals surface area contributed by atoms with E-state index in [0.29, 0.717) is 11.3 Å². The summed E-state index contributed by atoms with van der Waals surface area (Å²) in [5, 5.41) is 2.17. The van der Waals surface area contributed by atoms with Crippen molar-refractivity contribution in [3.05, 3.63) is 58.5 Å². The topological polar surface area (TPSA) is 102 Å². The Hall–Kier alpha value is -2.28. The van der Waals surface area contributed by atoms with Crippen LogP contribution in [0.4, 0.5) is 10.5 Å². The minimum Gasteiger partial charge on any atom is -0.479 e. The lowest BCUT2D eigenvalue weighted by molar-refractivity contribution is -0.127. The lowest BCUT2D eigenvalue weighted by atomic mass is 10.2. The third kappa shape index (κ3) is 6.93. The number of hydrogen-bond donors (Lipinski definition) is 1. The number of rotatable bonds is 8. The van der Waals surface area contributed by atoms with E-state index in [0.717, 1.165) is 23.8 Å². The van der Waals surface area contributed by atoms with Crippen molar-refractivity contribution >= 4 is 103 Å². The molecule has 1 N–H and O–H groups in total. The van der Waals surface area contributed by atoms with Crippen LogP contribution in [0.25, 0.3) is 6.08 Å². The van der Waals surface area contributed by atoms with E-state index in [2.05, 4.69) is 56.4 Å². The highest BCUT2D eigenvalue weighted by atomic mass is 127. The van der Waals surface area contributed by atoms with Gasteiger partial charge in [-0.1, -0.05) is 17.5 Å². The summed E-state index contributed by atoms with van der Waals surface area (Å²) in [6.07, 6.45) is 6.84. The molecule has 0 aromatic heterocycles. The molecule has 1 fully saturated rings. The number of carbonyl (C=O) groups is 4. The second-order valence-corrected chi connectivity index (χ2v) is 10.8. The Morgan fingerprint density at radius 1 is 1.22 bits per heavy atom. The summed E-state index contributed by atoms with van der Waals surface area (Å²) < 4.78 is 12.1. The van der Waals surface area contributed by atoms with Crippen molar-refractivity contribution in [3.63, 3.8) is 0 Å². The van der Waals surface area contributed by atoms with E-state index in [1.165, 1.54) is 18.2 Å². The number of carbonyl (C=O) groups excluding carboxylic acids is 4. The van der Waals surface area contributed by atoms with Gasteiger partial charge in [0.2, 0.25) is 5.91 Å². The van der Waals surface area contributed by atoms with Crippen LogP contribution in [0.3, 0.4) is 0 Å². The molecular weight excluding hydrogens is 734 g/mol. The van der Waals surface area contributed by atoms with Crippen LogP contribution in [0.15, 0.2) is 35.2 Å². The van der Waals surface area contributed by atoms with E-state index >= 15 is 0 Å². The Kier molecular flexibility index (Phi) is 10.1. The van der Waals surface area contributed by atoms with Crippen molar-refractivity contribution in [2.75, 3.05) is 25.1 Å². The lowest BCUT2D eigenvalue weighted by Gasteiger charge is -2.13. The Labute approximate surface area is 243 Å². The number of amides is 3. The van der Waals surface area contributed by atoms with Crippen LogP contribution in [0, 0.1) is 19.5 Å². The molecule has 12 heteroatoms. The normalized spacial score (nSPS) is 14.1. The number of thioether (sulfide) groups is 1. The Balaban J connectivity index is 1.72. The quantitative estimate of drug-likeness (QED) is 0.167. The van der Waals surface area contributed by atoms with Gasteiger partial charge in [0.05, 0.1) is 29.2 Å². The summed E-state index contributed by atoms with van der Waals surface area (Å²) in [7, 11) is 0. The number of esters is 1. The molecule has 0 saturated carbocycles. The van der Waals surface area contributed by atoms with Crippen LogP contribution >= 0.6 is 68.5 Å². The molecule has 3 rings (SSSR count). The van der Waals surface area contributed by atoms with Crippen molar-refractivity contribution < 1.29 is 28.7 Å². The molecule has 1 aliphatic heterocycles. The third-order valence-electron chi connectivity index (χ3n) is 4.54. The van der Waals surface area contributed by atoms with Gasteiger partial charge in [0.15, 0.2) is 0 Å². The highest BCUT2D eigenvalue weighted by Crippen LogP contribution is 2.35. The zero-order valence-corrected chi connectivity index (χ0v) is 24.5. The van der Waals surface area contributed by atoms with Gasteiger partial charge >= 0.3 is 5.97 Å². The molecule has 2 aromatic carbocycles. The van der Waals surface area contributed by atoms with E-state index in [9.17, 15) is 19.2 Å². The molecule has 0 bridgehead atoms. The summed E-state index contributed by atoms with van der Waals surface area (Å²) >= 11 is 11.0. The molecule has 0 radical (unpaired) electrons. The summed E-state index contributed by atoms with van der Waals surface area (Å²) in [5.41, 5.74) is 1.05. The van der Waals surface area contributed by atoms with E-state index in [-0.39, 0.29) is 34.4 Å². The van der Waals surface area contributed by atoms with Crippen molar-refractivity contribution in [2.45, 2.75) is 6.92 Å². The van der Waals surface area contributed by atoms with Gasteiger partial charge in [-0.25, -0.2) is 4.79 Å². The summed E-state index contributed by atoms with van der Waals surface area (Å²) in [6, 6.07) is 7.91. The Bertz CT molecular complexity index is 1300. The predicted molar refractivity (Wildman–Crippen MR) is 155 cm³/mol. The largest absolute Gasteiger partial charge is 0.479 e. The maximum atomic E-state index is 12.9. The van der Waals surface area contributed by atoms with E-state index in [1.807, 2.05) is 0 Å². The van der Waals surface area contributed by atoms with Crippen molar-refractivity contribution in [2.24, 2.45) is 0 Å². The van der Waals surface area contributed by atoms with Crippen LogP contribution < -0.4 is 10.1 Å². The Morgan fingerprint density at radius 2 is 1.92 bits per heavy atom. The minimum atomic E-state index is -0.630. The maximum Gasteiger partial charge on any atom is 0.339 e. The van der Waals surface area contributed by atoms with Gasteiger partial charge in [-0.05, 0) is 106 Å². The second-order valence-electron chi connectivity index (χ2n) is 7.04. The average Bonchev–Trinajstić information content (AvgIpc) is 3.07. The van der Waals surface area contributed by atoms with Crippen LogP contribution in [0.5, 0.6) is 5.75 Å². The first-order valence-electron chi connectivity index (χ1n) is 10.2. The highest BCUT2D eigenvalue weighted by Gasteiger charge is 2.36. The number of halogens is 3. The van der Waals surface area contributed by atoms with Gasteiger partial charge in [-0.3, -0.25) is 19.3 Å². The summed E-state index contributed by atoms with van der Waals surface area (Å²) in [4.78, 5) is 50.9. The lowest BCUT2D eigenvalue weighted by Crippen LogP contribution is -2.36. The number of imide groups is 1. The average molecular weight is 751 g/mol. The molecule has 1 heterocycles. The highest BCUT2D eigenvalue weighted by molar-refractivity contribution is 14.1. The Morgan fingerprint density at radius 3 is 2.56 bits per heavy atom. The standard InChI is InChI=1S/C24H17ClI2N2O6S/c1-3-7-35-21-17(26)8-13(9-18(21)27)10-19-22(31)29(24(33)36-19)12-20(30)28-14-5-6-16(25)15(11-14)23(32)34-4-2/h1,5-6,8-11H,4,7,12H2,2H3,(H,28,30)/b19-10-. The number of terminal acetylenes is 1. The number of ether oxygens (including phenoxy) is 2. The molecule has 36 heavy (non-hydrogen) atoms. The molecule has 2 aromatic rings. The fourth-order valence-corrected chi connectivity index (χ4v) is 6.18. The van der Waals surface area contributed by atoms with Gasteiger partial charge < -0.3 is 14.8 Å². The SMILES string of the molecule is C#CCOc1c(I)cc(/C=C2\SC(=O)N(CC(=O)Nc3ccc(Cl)c(C(=O)OCC)c3)C2=O)cc1I. The van der Waals surface area contributed by atoms with Gasteiger partial charge in [-0.15, -0.1) is 6.42 Å². The number of hydrogen-bond acceptors (Lipinski definition) is 7. The van der Waals surface area contributed by atoms with Crippen LogP contribution in [0.2, 0.25) is 5.02 Å². The van der Waals surface area contributed by atoms with Crippen LogP contribution in [-0.2, 0) is 14.3 Å². The summed E-state index contributed by atoms with van der Waals surface area (Å²) in [5.74, 6) is 1.23. The molecule has 1 aliphatic rings. The van der Waals surface area contributed by atoms with Gasteiger partial charge in [0.25, 0.3) is 11.1 Å². The maximum absolute atomic E-state index is 12.9. The molecule has 3 amide bonds. The molecule has 0 spiro atoms. The van der Waals surface area contributed by atoms with E-state index < -0.39 is 29.6 Å². The zero-order chi connectivity index (χ0) is 26.4. The fourth-order valence-electron chi connectivity index (χ4n) is 3.01. The molecular formula is C24H17ClI2N2O6S. The molecule has 0 aliphatic carbocycles. The van der Waals surface area contributed by atoms with Gasteiger partial charge in [-0.2, -0.15) is 0 Å². The van der Waals surface area contributed by atoms with Gasteiger partial charge in [0.1, 0.15) is 18.9 Å². The molecule has 1 saturated heterocycles.